The van der Waals surface area contributed by atoms with Crippen molar-refractivity contribution in [1.82, 2.24) is 0 Å². The van der Waals surface area contributed by atoms with E-state index < -0.39 is 0 Å². The lowest BCUT2D eigenvalue weighted by Crippen LogP contribution is -2.21. The molecule has 0 saturated heterocycles. The zero-order valence-electron chi connectivity index (χ0n) is 15.4. The molecule has 3 rings (SSSR count). The quantitative estimate of drug-likeness (QED) is 0.799. The predicted octanol–water partition coefficient (Wildman–Crippen LogP) is 4.78. The molecule has 0 aromatic heterocycles. The molecule has 3 nitrogen and oxygen atoms in total. The largest absolute Gasteiger partial charge is 0.378 e. The van der Waals surface area contributed by atoms with Gasteiger partial charge in [-0.25, -0.2) is 0 Å². The third-order valence-corrected chi connectivity index (χ3v) is 4.87. The third-order valence-electron chi connectivity index (χ3n) is 4.59. The van der Waals surface area contributed by atoms with Crippen molar-refractivity contribution in [1.29, 1.82) is 0 Å². The molecular formula is C21H26N2OS. The lowest BCUT2D eigenvalue weighted by molar-refractivity contribution is -0.0129. The molecule has 0 fully saturated rings. The van der Waals surface area contributed by atoms with E-state index in [1.165, 1.54) is 22.5 Å². The fourth-order valence-corrected chi connectivity index (χ4v) is 3.27. The lowest BCUT2D eigenvalue weighted by atomic mass is 9.96. The Morgan fingerprint density at radius 3 is 2.52 bits per heavy atom. The summed E-state index contributed by atoms with van der Waals surface area (Å²) in [4.78, 5) is 5.32. The molecule has 25 heavy (non-hydrogen) atoms. The second kappa shape index (κ2) is 7.14. The molecular weight excluding hydrogens is 328 g/mol. The molecule has 0 spiro atoms. The van der Waals surface area contributed by atoms with Crippen molar-refractivity contribution in [3.05, 3.63) is 59.8 Å². The van der Waals surface area contributed by atoms with Crippen LogP contribution < -0.4 is 9.80 Å². The summed E-state index contributed by atoms with van der Waals surface area (Å²) in [6.45, 7) is 5.75. The van der Waals surface area contributed by atoms with Crippen molar-refractivity contribution >= 4 is 30.1 Å². The molecule has 1 aliphatic heterocycles. The van der Waals surface area contributed by atoms with Crippen LogP contribution >= 0.6 is 12.6 Å². The molecule has 132 valence electrons. The molecule has 1 heterocycles. The number of hydrogen-bond acceptors (Lipinski definition) is 4. The summed E-state index contributed by atoms with van der Waals surface area (Å²) < 4.78 is 6.08. The Balaban J connectivity index is 1.89. The zero-order valence-corrected chi connectivity index (χ0v) is 16.3. The van der Waals surface area contributed by atoms with E-state index in [0.29, 0.717) is 6.61 Å². The van der Waals surface area contributed by atoms with E-state index in [9.17, 15) is 0 Å². The van der Waals surface area contributed by atoms with Crippen LogP contribution in [0.3, 0.4) is 0 Å². The van der Waals surface area contributed by atoms with E-state index in [1.807, 2.05) is 6.07 Å². The van der Waals surface area contributed by atoms with Crippen LogP contribution in [0.15, 0.2) is 53.6 Å². The molecule has 0 aliphatic carbocycles. The highest BCUT2D eigenvalue weighted by molar-refractivity contribution is 7.80. The highest BCUT2D eigenvalue weighted by atomic mass is 32.1. The van der Waals surface area contributed by atoms with Crippen molar-refractivity contribution in [3.63, 3.8) is 0 Å². The van der Waals surface area contributed by atoms with Crippen LogP contribution in [0.1, 0.15) is 25.0 Å². The fourth-order valence-electron chi connectivity index (χ4n) is 3.07. The van der Waals surface area contributed by atoms with E-state index in [0.717, 1.165) is 11.4 Å². The highest BCUT2D eigenvalue weighted by Gasteiger charge is 2.29. The second-order valence-electron chi connectivity index (χ2n) is 7.06. The summed E-state index contributed by atoms with van der Waals surface area (Å²) in [6.07, 6.45) is 4.29. The minimum Gasteiger partial charge on any atom is -0.378 e. The average Bonchev–Trinajstić information content (AvgIpc) is 2.70. The standard InChI is InChI=1S/C21H26N2OS/c1-21(2)19-15-18(25)9-10-20(19)23(13-14-24-21)12-11-16-5-7-17(8-6-16)22(3)4/h5-12,15,25H,13-14H2,1-4H3. The van der Waals surface area contributed by atoms with Gasteiger partial charge in [-0.15, -0.1) is 12.6 Å². The Hall–Kier alpha value is -1.91. The molecule has 0 atom stereocenters. The van der Waals surface area contributed by atoms with Gasteiger partial charge in [0.25, 0.3) is 0 Å². The fraction of sp³-hybridized carbons (Fsp3) is 0.333. The number of nitrogens with zero attached hydrogens (tertiary/aromatic N) is 2. The second-order valence-corrected chi connectivity index (χ2v) is 7.57. The first-order chi connectivity index (χ1) is 11.9. The van der Waals surface area contributed by atoms with Gasteiger partial charge in [0.1, 0.15) is 0 Å². The van der Waals surface area contributed by atoms with Gasteiger partial charge in [0.05, 0.1) is 12.2 Å². The predicted molar refractivity (Wildman–Crippen MR) is 110 cm³/mol. The van der Waals surface area contributed by atoms with Crippen molar-refractivity contribution in [3.8, 4) is 0 Å². The van der Waals surface area contributed by atoms with Crippen LogP contribution in [0.25, 0.3) is 6.08 Å². The maximum atomic E-state index is 6.08. The number of hydrogen-bond donors (Lipinski definition) is 1. The van der Waals surface area contributed by atoms with Gasteiger partial charge in [-0.05, 0) is 55.8 Å². The monoisotopic (exact) mass is 354 g/mol. The van der Waals surface area contributed by atoms with Gasteiger partial charge in [-0.1, -0.05) is 12.1 Å². The summed E-state index contributed by atoms with van der Waals surface area (Å²) in [5.74, 6) is 0. The van der Waals surface area contributed by atoms with E-state index >= 15 is 0 Å². The van der Waals surface area contributed by atoms with Gasteiger partial charge in [0.2, 0.25) is 0 Å². The van der Waals surface area contributed by atoms with Crippen molar-refractivity contribution in [2.75, 3.05) is 37.0 Å². The Morgan fingerprint density at radius 2 is 1.84 bits per heavy atom. The SMILES string of the molecule is CN(C)c1ccc(C=CN2CCOC(C)(C)c3cc(S)ccc32)cc1. The molecule has 2 aromatic rings. The van der Waals surface area contributed by atoms with Gasteiger partial charge in [0.15, 0.2) is 0 Å². The summed E-state index contributed by atoms with van der Waals surface area (Å²) in [5, 5.41) is 0. The highest BCUT2D eigenvalue weighted by Crippen LogP contribution is 2.37. The van der Waals surface area contributed by atoms with Crippen LogP contribution in [-0.2, 0) is 10.3 Å². The van der Waals surface area contributed by atoms with E-state index in [2.05, 4.69) is 99.0 Å². The average molecular weight is 355 g/mol. The van der Waals surface area contributed by atoms with E-state index in [1.54, 1.807) is 0 Å². The molecule has 0 radical (unpaired) electrons. The first-order valence-electron chi connectivity index (χ1n) is 8.56. The Labute approximate surface area is 156 Å². The number of benzene rings is 2. The lowest BCUT2D eigenvalue weighted by Gasteiger charge is -2.26. The minimum absolute atomic E-state index is 0.315. The number of ether oxygens (including phenoxy) is 1. The van der Waals surface area contributed by atoms with Crippen LogP contribution in [0.2, 0.25) is 0 Å². The third kappa shape index (κ3) is 4.02. The van der Waals surface area contributed by atoms with E-state index in [-0.39, 0.29) is 5.60 Å². The van der Waals surface area contributed by atoms with Crippen LogP contribution in [0.5, 0.6) is 0 Å². The molecule has 2 aromatic carbocycles. The van der Waals surface area contributed by atoms with Gasteiger partial charge in [-0.2, -0.15) is 0 Å². The molecule has 0 bridgehead atoms. The Kier molecular flexibility index (Phi) is 5.11. The number of fused-ring (bicyclic) bond motifs is 1. The maximum Gasteiger partial charge on any atom is 0.0896 e. The Bertz CT molecular complexity index is 766. The maximum absolute atomic E-state index is 6.08. The van der Waals surface area contributed by atoms with Gasteiger partial charge in [0, 0.05) is 48.7 Å². The summed E-state index contributed by atoms with van der Waals surface area (Å²) in [5.41, 5.74) is 4.42. The molecule has 0 saturated carbocycles. The first kappa shape index (κ1) is 17.9. The smallest absolute Gasteiger partial charge is 0.0896 e. The molecule has 4 heteroatoms. The number of thiol groups is 1. The summed E-state index contributed by atoms with van der Waals surface area (Å²) in [7, 11) is 4.10. The van der Waals surface area contributed by atoms with Crippen LogP contribution in [0, 0.1) is 0 Å². The normalized spacial score (nSPS) is 16.6. The van der Waals surface area contributed by atoms with Gasteiger partial charge >= 0.3 is 0 Å². The first-order valence-corrected chi connectivity index (χ1v) is 9.01. The topological polar surface area (TPSA) is 15.7 Å². The van der Waals surface area contributed by atoms with Crippen molar-refractivity contribution in [2.24, 2.45) is 0 Å². The van der Waals surface area contributed by atoms with Gasteiger partial charge < -0.3 is 14.5 Å². The summed E-state index contributed by atoms with van der Waals surface area (Å²) in [6, 6.07) is 14.8. The van der Waals surface area contributed by atoms with Gasteiger partial charge in [-0.3, -0.25) is 0 Å². The van der Waals surface area contributed by atoms with Crippen molar-refractivity contribution < 1.29 is 4.74 Å². The molecule has 0 N–H and O–H groups in total. The van der Waals surface area contributed by atoms with Crippen LogP contribution in [-0.4, -0.2) is 27.2 Å². The zero-order chi connectivity index (χ0) is 18.0. The number of anilines is 2. The Morgan fingerprint density at radius 1 is 1.12 bits per heavy atom. The molecule has 0 unspecified atom stereocenters. The van der Waals surface area contributed by atoms with Crippen LogP contribution in [0.4, 0.5) is 11.4 Å². The van der Waals surface area contributed by atoms with Crippen molar-refractivity contribution in [2.45, 2.75) is 24.3 Å². The summed E-state index contributed by atoms with van der Waals surface area (Å²) >= 11 is 4.50. The molecule has 1 aliphatic rings. The minimum atomic E-state index is -0.315. The number of rotatable bonds is 3. The molecule has 0 amide bonds. The van der Waals surface area contributed by atoms with E-state index in [4.69, 9.17) is 4.74 Å².